The van der Waals surface area contributed by atoms with Gasteiger partial charge in [0.1, 0.15) is 11.6 Å². The molecular weight excluding hydrogens is 453 g/mol. The van der Waals surface area contributed by atoms with E-state index in [9.17, 15) is 14.0 Å². The summed E-state index contributed by atoms with van der Waals surface area (Å²) in [5.41, 5.74) is 1.68. The third-order valence-corrected chi connectivity index (χ3v) is 5.40. The van der Waals surface area contributed by atoms with Crippen molar-refractivity contribution in [3.05, 3.63) is 88.7 Å². The Balaban J connectivity index is 1.62. The van der Waals surface area contributed by atoms with E-state index in [4.69, 9.17) is 16.3 Å². The van der Waals surface area contributed by atoms with Crippen LogP contribution in [0.2, 0.25) is 5.02 Å². The number of methoxy groups -OCH3 is 1. The Hall–Kier alpha value is -3.23. The second kappa shape index (κ2) is 10.4. The molecule has 0 aliphatic rings. The van der Waals surface area contributed by atoms with E-state index >= 15 is 0 Å². The molecule has 2 N–H and O–H groups in total. The first-order valence-corrected chi connectivity index (χ1v) is 10.4. The molecule has 1 atom stereocenters. The molecule has 0 aliphatic heterocycles. The average Bonchev–Trinajstić information content (AvgIpc) is 2.79. The molecule has 3 rings (SSSR count). The molecule has 1 unspecified atom stereocenters. The zero-order chi connectivity index (χ0) is 23.3. The number of rotatable bonds is 6. The number of ether oxygens (including phenoxy) is 1. The minimum atomic E-state index is -0.605. The number of urea groups is 1. The van der Waals surface area contributed by atoms with E-state index in [0.29, 0.717) is 22.1 Å². The average molecular weight is 474 g/mol. The SMILES string of the molecule is COc1ccc(C(C)NC(=O)N(S)c2ccc(NC(=O)c3ccccc3F)cc2)cc1Cl. The van der Waals surface area contributed by atoms with E-state index < -0.39 is 17.8 Å². The molecule has 6 nitrogen and oxygen atoms in total. The molecule has 3 aromatic rings. The highest BCUT2D eigenvalue weighted by atomic mass is 35.5. The van der Waals surface area contributed by atoms with Crippen LogP contribution in [0.3, 0.4) is 0 Å². The molecule has 32 heavy (non-hydrogen) atoms. The number of hydrogen-bond donors (Lipinski definition) is 3. The first-order valence-electron chi connectivity index (χ1n) is 9.59. The Morgan fingerprint density at radius 1 is 1.09 bits per heavy atom. The van der Waals surface area contributed by atoms with Crippen LogP contribution in [-0.4, -0.2) is 19.0 Å². The Morgan fingerprint density at radius 3 is 2.41 bits per heavy atom. The minimum absolute atomic E-state index is 0.0561. The van der Waals surface area contributed by atoms with Crippen LogP contribution in [0.15, 0.2) is 66.7 Å². The summed E-state index contributed by atoms with van der Waals surface area (Å²) in [7, 11) is 1.53. The summed E-state index contributed by atoms with van der Waals surface area (Å²) >= 11 is 10.4. The topological polar surface area (TPSA) is 70.7 Å². The molecule has 3 aromatic carbocycles. The zero-order valence-electron chi connectivity index (χ0n) is 17.3. The third-order valence-electron chi connectivity index (χ3n) is 4.70. The maximum atomic E-state index is 13.8. The zero-order valence-corrected chi connectivity index (χ0v) is 19.0. The normalized spacial score (nSPS) is 11.4. The van der Waals surface area contributed by atoms with Gasteiger partial charge in [-0.05, 0) is 61.0 Å². The number of thiol groups is 1. The summed E-state index contributed by atoms with van der Waals surface area (Å²) in [5, 5.41) is 5.90. The van der Waals surface area contributed by atoms with Gasteiger partial charge in [0.25, 0.3) is 5.91 Å². The molecule has 166 valence electrons. The highest BCUT2D eigenvalue weighted by Crippen LogP contribution is 2.28. The second-order valence-corrected chi connectivity index (χ2v) is 7.67. The van der Waals surface area contributed by atoms with Crippen LogP contribution in [0.25, 0.3) is 0 Å². The van der Waals surface area contributed by atoms with Crippen LogP contribution in [0.1, 0.15) is 28.9 Å². The second-order valence-electron chi connectivity index (χ2n) is 6.86. The maximum Gasteiger partial charge on any atom is 0.332 e. The molecule has 0 aliphatic carbocycles. The van der Waals surface area contributed by atoms with E-state index in [1.165, 1.54) is 25.3 Å². The van der Waals surface area contributed by atoms with Crippen molar-refractivity contribution in [2.75, 3.05) is 16.7 Å². The minimum Gasteiger partial charge on any atom is -0.495 e. The number of halogens is 2. The van der Waals surface area contributed by atoms with Gasteiger partial charge in [0.2, 0.25) is 0 Å². The van der Waals surface area contributed by atoms with Crippen molar-refractivity contribution in [3.8, 4) is 5.75 Å². The molecule has 0 spiro atoms. The number of amides is 3. The van der Waals surface area contributed by atoms with Crippen LogP contribution < -0.4 is 19.7 Å². The van der Waals surface area contributed by atoms with Gasteiger partial charge in [0.05, 0.1) is 29.4 Å². The highest BCUT2D eigenvalue weighted by Gasteiger charge is 2.17. The smallest absolute Gasteiger partial charge is 0.332 e. The molecule has 0 saturated carbocycles. The number of benzene rings is 3. The number of nitrogens with zero attached hydrogens (tertiary/aromatic N) is 1. The van der Waals surface area contributed by atoms with Crippen molar-refractivity contribution in [1.82, 2.24) is 5.32 Å². The fourth-order valence-electron chi connectivity index (χ4n) is 2.93. The van der Waals surface area contributed by atoms with Gasteiger partial charge >= 0.3 is 6.03 Å². The summed E-state index contributed by atoms with van der Waals surface area (Å²) in [6.45, 7) is 1.82. The molecule has 0 bridgehead atoms. The van der Waals surface area contributed by atoms with Crippen LogP contribution in [0, 0.1) is 5.82 Å². The van der Waals surface area contributed by atoms with Crippen molar-refractivity contribution < 1.29 is 18.7 Å². The van der Waals surface area contributed by atoms with E-state index in [1.54, 1.807) is 42.5 Å². The highest BCUT2D eigenvalue weighted by molar-refractivity contribution is 7.82. The fraction of sp³-hybridized carbons (Fsp3) is 0.130. The summed E-state index contributed by atoms with van der Waals surface area (Å²) in [4.78, 5) is 24.8. The van der Waals surface area contributed by atoms with Crippen LogP contribution in [-0.2, 0) is 0 Å². The lowest BCUT2D eigenvalue weighted by Gasteiger charge is -2.21. The molecule has 0 radical (unpaired) electrons. The lowest BCUT2D eigenvalue weighted by Crippen LogP contribution is -2.35. The van der Waals surface area contributed by atoms with Crippen molar-refractivity contribution in [1.29, 1.82) is 0 Å². The predicted octanol–water partition coefficient (Wildman–Crippen LogP) is 5.86. The van der Waals surface area contributed by atoms with Crippen LogP contribution in [0.5, 0.6) is 5.75 Å². The fourth-order valence-corrected chi connectivity index (χ4v) is 3.39. The van der Waals surface area contributed by atoms with Gasteiger partial charge in [0, 0.05) is 5.69 Å². The molecule has 0 heterocycles. The standard InChI is InChI=1S/C23H21ClFN3O3S/c1-14(15-7-12-21(31-2)19(24)13-15)26-23(30)28(32)17-10-8-16(9-11-17)27-22(29)18-5-3-4-6-20(18)25/h3-14,32H,1-2H3,(H,26,30)(H,27,29). The molecule has 3 amide bonds. The van der Waals surface area contributed by atoms with E-state index in [-0.39, 0.29) is 11.6 Å². The summed E-state index contributed by atoms with van der Waals surface area (Å²) < 4.78 is 20.0. The summed E-state index contributed by atoms with van der Waals surface area (Å²) in [6.07, 6.45) is 0. The summed E-state index contributed by atoms with van der Waals surface area (Å²) in [5.74, 6) is -0.623. The van der Waals surface area contributed by atoms with Crippen molar-refractivity contribution in [2.24, 2.45) is 0 Å². The first kappa shape index (κ1) is 23.4. The van der Waals surface area contributed by atoms with Crippen molar-refractivity contribution in [2.45, 2.75) is 13.0 Å². The largest absolute Gasteiger partial charge is 0.495 e. The van der Waals surface area contributed by atoms with E-state index in [1.807, 2.05) is 13.0 Å². The molecule has 0 saturated heterocycles. The Kier molecular flexibility index (Phi) is 7.61. The number of nitrogens with one attached hydrogen (secondary N) is 2. The first-order chi connectivity index (χ1) is 15.3. The molecule has 0 aromatic heterocycles. The van der Waals surface area contributed by atoms with Crippen molar-refractivity contribution >= 4 is 47.7 Å². The van der Waals surface area contributed by atoms with E-state index in [2.05, 4.69) is 23.4 Å². The summed E-state index contributed by atoms with van der Waals surface area (Å²) in [6, 6.07) is 16.6. The molecule has 0 fully saturated rings. The Bertz CT molecular complexity index is 1130. The predicted molar refractivity (Wildman–Crippen MR) is 127 cm³/mol. The number of anilines is 2. The molecular formula is C23H21ClFN3O3S. The third kappa shape index (κ3) is 5.52. The number of carbonyl (C=O) groups excluding carboxylic acids is 2. The Labute approximate surface area is 195 Å². The van der Waals surface area contributed by atoms with Crippen LogP contribution >= 0.6 is 24.4 Å². The van der Waals surface area contributed by atoms with Gasteiger partial charge in [-0.1, -0.05) is 42.6 Å². The monoisotopic (exact) mass is 473 g/mol. The van der Waals surface area contributed by atoms with Gasteiger partial charge in [-0.2, -0.15) is 0 Å². The van der Waals surface area contributed by atoms with E-state index in [0.717, 1.165) is 9.87 Å². The van der Waals surface area contributed by atoms with Gasteiger partial charge in [0.15, 0.2) is 0 Å². The maximum absolute atomic E-state index is 13.8. The number of carbonyl (C=O) groups is 2. The number of hydrogen-bond acceptors (Lipinski definition) is 4. The van der Waals surface area contributed by atoms with Crippen LogP contribution in [0.4, 0.5) is 20.6 Å². The molecule has 9 heteroatoms. The van der Waals surface area contributed by atoms with Gasteiger partial charge < -0.3 is 15.4 Å². The van der Waals surface area contributed by atoms with Gasteiger partial charge in [-0.25, -0.2) is 13.5 Å². The quantitative estimate of drug-likeness (QED) is 0.392. The van der Waals surface area contributed by atoms with Gasteiger partial charge in [-0.3, -0.25) is 4.79 Å². The Morgan fingerprint density at radius 2 is 1.78 bits per heavy atom. The van der Waals surface area contributed by atoms with Crippen molar-refractivity contribution in [3.63, 3.8) is 0 Å². The lowest BCUT2D eigenvalue weighted by atomic mass is 10.1. The lowest BCUT2D eigenvalue weighted by molar-refractivity contribution is 0.102. The van der Waals surface area contributed by atoms with Gasteiger partial charge in [-0.15, -0.1) is 0 Å².